The molecule has 5 rings (SSSR count). The number of anilines is 1. The third kappa shape index (κ3) is 5.23. The fourth-order valence-electron chi connectivity index (χ4n) is 5.00. The van der Waals surface area contributed by atoms with Gasteiger partial charge >= 0.3 is 0 Å². The molecule has 0 saturated heterocycles. The summed E-state index contributed by atoms with van der Waals surface area (Å²) in [7, 11) is 1.87. The summed E-state index contributed by atoms with van der Waals surface area (Å²) in [5.74, 6) is -0.112. The zero-order valence-corrected chi connectivity index (χ0v) is 20.6. The third-order valence-corrected chi connectivity index (χ3v) is 6.90. The van der Waals surface area contributed by atoms with E-state index in [0.717, 1.165) is 67.7 Å². The second-order valence-electron chi connectivity index (χ2n) is 9.41. The van der Waals surface area contributed by atoms with Gasteiger partial charge in [0, 0.05) is 38.6 Å². The monoisotopic (exact) mass is 467 g/mol. The van der Waals surface area contributed by atoms with Gasteiger partial charge in [-0.25, -0.2) is 4.98 Å². The molecule has 0 radical (unpaired) electrons. The number of aromatic nitrogens is 3. The van der Waals surface area contributed by atoms with E-state index in [2.05, 4.69) is 63.1 Å². The summed E-state index contributed by atoms with van der Waals surface area (Å²) in [5, 5.41) is 3.01. The van der Waals surface area contributed by atoms with Crippen molar-refractivity contribution < 1.29 is 4.79 Å². The Hall–Kier alpha value is -3.64. The van der Waals surface area contributed by atoms with Crippen LogP contribution in [0.25, 0.3) is 16.6 Å². The molecule has 0 spiro atoms. The number of benzene rings is 2. The van der Waals surface area contributed by atoms with E-state index in [1.54, 1.807) is 0 Å². The predicted octanol–water partition coefficient (Wildman–Crippen LogP) is 5.51. The largest absolute Gasteiger partial charge is 0.347 e. The number of unbranched alkanes of at least 4 members (excludes halogenated alkanes) is 1. The number of imidazole rings is 1. The topological polar surface area (TPSA) is 55.1 Å². The van der Waals surface area contributed by atoms with Crippen LogP contribution in [-0.2, 0) is 13.6 Å². The minimum atomic E-state index is -0.112. The van der Waals surface area contributed by atoms with Crippen molar-refractivity contribution >= 4 is 28.2 Å². The number of rotatable bonds is 8. The molecule has 0 aliphatic carbocycles. The van der Waals surface area contributed by atoms with E-state index in [9.17, 15) is 4.79 Å². The first kappa shape index (κ1) is 23.1. The Morgan fingerprint density at radius 1 is 1.06 bits per heavy atom. The first-order valence-electron chi connectivity index (χ1n) is 12.4. The Labute approximate surface area is 206 Å². The zero-order valence-electron chi connectivity index (χ0n) is 20.6. The van der Waals surface area contributed by atoms with E-state index in [1.807, 2.05) is 48.4 Å². The molecular weight excluding hydrogens is 434 g/mol. The number of aryl methyl sites for hydroxylation is 3. The van der Waals surface area contributed by atoms with Crippen LogP contribution in [0.1, 0.15) is 40.9 Å². The fourth-order valence-corrected chi connectivity index (χ4v) is 5.00. The number of nitrogens with one attached hydrogen (secondary N) is 1. The summed E-state index contributed by atoms with van der Waals surface area (Å²) in [6, 6.07) is 18.4. The van der Waals surface area contributed by atoms with Gasteiger partial charge in [-0.15, -0.1) is 0 Å². The van der Waals surface area contributed by atoms with Crippen molar-refractivity contribution in [1.29, 1.82) is 0 Å². The molecule has 2 aromatic carbocycles. The maximum atomic E-state index is 12.6. The van der Waals surface area contributed by atoms with Crippen LogP contribution in [0.3, 0.4) is 0 Å². The average Bonchev–Trinajstić information content (AvgIpc) is 3.49. The highest BCUT2D eigenvalue weighted by molar-refractivity contribution is 6.04. The molecule has 35 heavy (non-hydrogen) atoms. The molecule has 1 aliphatic heterocycles. The van der Waals surface area contributed by atoms with Crippen LogP contribution in [0.2, 0.25) is 0 Å². The van der Waals surface area contributed by atoms with Gasteiger partial charge in [-0.3, -0.25) is 9.69 Å². The molecule has 6 nitrogen and oxygen atoms in total. The zero-order chi connectivity index (χ0) is 24.2. The smallest absolute Gasteiger partial charge is 0.272 e. The van der Waals surface area contributed by atoms with Crippen LogP contribution < -0.4 is 5.32 Å². The lowest BCUT2D eigenvalue weighted by Crippen LogP contribution is -2.29. The molecule has 1 aliphatic rings. The molecule has 0 unspecified atom stereocenters. The molecule has 0 bridgehead atoms. The summed E-state index contributed by atoms with van der Waals surface area (Å²) < 4.78 is 4.06. The highest BCUT2D eigenvalue weighted by atomic mass is 16.1. The minimum Gasteiger partial charge on any atom is -0.347 e. The lowest BCUT2D eigenvalue weighted by molar-refractivity contribution is 0.101. The SMILES string of the molecule is Cc1cc(NC(=O)c2cccn2C)cc2ncn(CCCCN3CC=C(c4ccccc4)CC3)c12. The van der Waals surface area contributed by atoms with Gasteiger partial charge in [0.05, 0.1) is 17.4 Å². The fraction of sp³-hybridized carbons (Fsp3) is 0.310. The second kappa shape index (κ2) is 10.3. The number of hydrogen-bond acceptors (Lipinski definition) is 3. The molecule has 4 aromatic rings. The van der Waals surface area contributed by atoms with Gasteiger partial charge in [0.15, 0.2) is 0 Å². The molecule has 1 amide bonds. The molecule has 0 saturated carbocycles. The summed E-state index contributed by atoms with van der Waals surface area (Å²) in [4.78, 5) is 19.7. The van der Waals surface area contributed by atoms with Crippen molar-refractivity contribution in [3.8, 4) is 0 Å². The first-order valence-corrected chi connectivity index (χ1v) is 12.4. The number of nitrogens with zero attached hydrogens (tertiary/aromatic N) is 4. The Kier molecular flexibility index (Phi) is 6.82. The number of hydrogen-bond donors (Lipinski definition) is 1. The Bertz CT molecular complexity index is 1350. The van der Waals surface area contributed by atoms with E-state index >= 15 is 0 Å². The number of fused-ring (bicyclic) bond motifs is 1. The molecule has 2 aromatic heterocycles. The molecule has 180 valence electrons. The van der Waals surface area contributed by atoms with E-state index < -0.39 is 0 Å². The quantitative estimate of drug-likeness (QED) is 0.348. The Morgan fingerprint density at radius 3 is 2.63 bits per heavy atom. The third-order valence-electron chi connectivity index (χ3n) is 6.90. The first-order chi connectivity index (χ1) is 17.1. The van der Waals surface area contributed by atoms with Crippen molar-refractivity contribution in [3.05, 3.63) is 90.0 Å². The van der Waals surface area contributed by atoms with Crippen molar-refractivity contribution in [2.45, 2.75) is 32.7 Å². The van der Waals surface area contributed by atoms with E-state index in [4.69, 9.17) is 0 Å². The van der Waals surface area contributed by atoms with Crippen LogP contribution in [0.5, 0.6) is 0 Å². The average molecular weight is 468 g/mol. The van der Waals surface area contributed by atoms with Crippen LogP contribution in [0.4, 0.5) is 5.69 Å². The predicted molar refractivity (Wildman–Crippen MR) is 143 cm³/mol. The number of carbonyl (C=O) groups excluding carboxylic acids is 1. The highest BCUT2D eigenvalue weighted by Gasteiger charge is 2.14. The normalized spacial score (nSPS) is 14.3. The lowest BCUT2D eigenvalue weighted by Gasteiger charge is -2.26. The van der Waals surface area contributed by atoms with E-state index in [-0.39, 0.29) is 5.91 Å². The van der Waals surface area contributed by atoms with Crippen LogP contribution in [-0.4, -0.2) is 44.6 Å². The van der Waals surface area contributed by atoms with Crippen molar-refractivity contribution in [3.63, 3.8) is 0 Å². The summed E-state index contributed by atoms with van der Waals surface area (Å²) in [6.45, 7) is 6.33. The van der Waals surface area contributed by atoms with E-state index in [1.165, 1.54) is 11.1 Å². The second-order valence-corrected chi connectivity index (χ2v) is 9.41. The Balaban J connectivity index is 1.14. The number of carbonyl (C=O) groups is 1. The van der Waals surface area contributed by atoms with Crippen LogP contribution in [0, 0.1) is 6.92 Å². The van der Waals surface area contributed by atoms with Gasteiger partial charge in [-0.05, 0) is 73.7 Å². The number of amides is 1. The summed E-state index contributed by atoms with van der Waals surface area (Å²) in [6.07, 6.45) is 9.59. The summed E-state index contributed by atoms with van der Waals surface area (Å²) >= 11 is 0. The molecule has 0 fully saturated rings. The molecule has 0 atom stereocenters. The molecule has 6 heteroatoms. The van der Waals surface area contributed by atoms with Gasteiger partial charge in [-0.2, -0.15) is 0 Å². The molecular formula is C29H33N5O. The van der Waals surface area contributed by atoms with Crippen LogP contribution >= 0.6 is 0 Å². The Morgan fingerprint density at radius 2 is 1.89 bits per heavy atom. The maximum Gasteiger partial charge on any atom is 0.272 e. The van der Waals surface area contributed by atoms with Crippen LogP contribution in [0.15, 0.2) is 73.2 Å². The summed E-state index contributed by atoms with van der Waals surface area (Å²) in [5.41, 5.74) is 7.43. The minimum absolute atomic E-state index is 0.112. The van der Waals surface area contributed by atoms with Gasteiger partial charge in [0.1, 0.15) is 5.69 Å². The lowest BCUT2D eigenvalue weighted by atomic mass is 9.99. The maximum absolute atomic E-state index is 12.6. The van der Waals surface area contributed by atoms with Crippen molar-refractivity contribution in [1.82, 2.24) is 19.0 Å². The molecule has 1 N–H and O–H groups in total. The van der Waals surface area contributed by atoms with E-state index in [0.29, 0.717) is 5.69 Å². The van der Waals surface area contributed by atoms with Gasteiger partial charge in [0.25, 0.3) is 5.91 Å². The van der Waals surface area contributed by atoms with Gasteiger partial charge in [0.2, 0.25) is 0 Å². The van der Waals surface area contributed by atoms with Crippen molar-refractivity contribution in [2.24, 2.45) is 7.05 Å². The van der Waals surface area contributed by atoms with Gasteiger partial charge in [-0.1, -0.05) is 36.4 Å². The van der Waals surface area contributed by atoms with Crippen molar-refractivity contribution in [2.75, 3.05) is 25.0 Å². The highest BCUT2D eigenvalue weighted by Crippen LogP contribution is 2.25. The standard InChI is InChI=1S/C29H33N5O/c1-22-19-25(31-29(35)27-11-8-14-32(27)2)20-26-28(22)34(21-30-26)16-7-6-15-33-17-12-24(13-18-33)23-9-4-3-5-10-23/h3-5,8-12,14,19-21H,6-7,13,15-18H2,1-2H3,(H,31,35). The molecule has 3 heterocycles. The van der Waals surface area contributed by atoms with Gasteiger partial charge < -0.3 is 14.5 Å².